The van der Waals surface area contributed by atoms with E-state index in [0.717, 1.165) is 30.2 Å². The Balaban J connectivity index is 0.00000242. The number of aliphatic imine (C=N–C) groups is 1. The molecule has 0 spiro atoms. The molecule has 6 heteroatoms. The molecule has 0 radical (unpaired) electrons. The van der Waals surface area contributed by atoms with Crippen molar-refractivity contribution in [3.8, 4) is 0 Å². The second kappa shape index (κ2) is 10.2. The monoisotopic (exact) mass is 417 g/mol. The number of nitrogens with one attached hydrogen (secondary N) is 2. The normalized spacial score (nSPS) is 10.9. The zero-order valence-electron chi connectivity index (χ0n) is 12.5. The Morgan fingerprint density at radius 2 is 2.09 bits per heavy atom. The summed E-state index contributed by atoms with van der Waals surface area (Å²) < 4.78 is 18.3. The average molecular weight is 417 g/mol. The predicted octanol–water partition coefficient (Wildman–Crippen LogP) is 3.33. The fraction of sp³-hybridized carbons (Fsp3) is 0.312. The van der Waals surface area contributed by atoms with Crippen LogP contribution in [0, 0.1) is 5.82 Å². The zero-order chi connectivity index (χ0) is 14.9. The highest BCUT2D eigenvalue weighted by Gasteiger charge is 2.00. The summed E-state index contributed by atoms with van der Waals surface area (Å²) in [6.07, 6.45) is 2.37. The molecule has 2 aromatic rings. The van der Waals surface area contributed by atoms with E-state index in [1.54, 1.807) is 18.4 Å². The molecule has 22 heavy (non-hydrogen) atoms. The van der Waals surface area contributed by atoms with E-state index in [9.17, 15) is 4.39 Å². The van der Waals surface area contributed by atoms with E-state index >= 15 is 0 Å². The van der Waals surface area contributed by atoms with Crippen LogP contribution in [0.15, 0.2) is 52.1 Å². The summed E-state index contributed by atoms with van der Waals surface area (Å²) in [5.41, 5.74) is 0.962. The quantitative estimate of drug-likeness (QED) is 0.431. The predicted molar refractivity (Wildman–Crippen MR) is 97.0 cm³/mol. The molecule has 1 heterocycles. The van der Waals surface area contributed by atoms with Crippen molar-refractivity contribution < 1.29 is 8.81 Å². The van der Waals surface area contributed by atoms with Gasteiger partial charge >= 0.3 is 0 Å². The number of hydrogen-bond acceptors (Lipinski definition) is 2. The van der Waals surface area contributed by atoms with Crippen molar-refractivity contribution in [2.45, 2.75) is 19.9 Å². The molecule has 0 atom stereocenters. The minimum absolute atomic E-state index is 0. The molecule has 0 saturated carbocycles. The maximum absolute atomic E-state index is 13.1. The smallest absolute Gasteiger partial charge is 0.191 e. The Kier molecular flexibility index (Phi) is 8.57. The summed E-state index contributed by atoms with van der Waals surface area (Å²) in [4.78, 5) is 4.43. The molecule has 0 fully saturated rings. The van der Waals surface area contributed by atoms with Crippen LogP contribution in [0.3, 0.4) is 0 Å². The van der Waals surface area contributed by atoms with Gasteiger partial charge in [0.25, 0.3) is 0 Å². The summed E-state index contributed by atoms with van der Waals surface area (Å²) in [6, 6.07) is 10.4. The molecule has 0 unspecified atom stereocenters. The van der Waals surface area contributed by atoms with Gasteiger partial charge in [-0.3, -0.25) is 0 Å². The zero-order valence-corrected chi connectivity index (χ0v) is 14.8. The Hall–Kier alpha value is -1.57. The number of rotatable bonds is 6. The van der Waals surface area contributed by atoms with Crippen LogP contribution >= 0.6 is 24.0 Å². The van der Waals surface area contributed by atoms with Crippen LogP contribution in [-0.2, 0) is 13.0 Å². The highest BCUT2D eigenvalue weighted by atomic mass is 127. The second-order valence-corrected chi connectivity index (χ2v) is 4.58. The van der Waals surface area contributed by atoms with Crippen molar-refractivity contribution in [2.75, 3.05) is 13.1 Å². The third-order valence-corrected chi connectivity index (χ3v) is 2.91. The Bertz CT molecular complexity index is 573. The van der Waals surface area contributed by atoms with Gasteiger partial charge in [0.1, 0.15) is 18.1 Å². The van der Waals surface area contributed by atoms with Crippen molar-refractivity contribution >= 4 is 29.9 Å². The maximum Gasteiger partial charge on any atom is 0.191 e. The van der Waals surface area contributed by atoms with E-state index in [-0.39, 0.29) is 29.8 Å². The lowest BCUT2D eigenvalue weighted by molar-refractivity contribution is 0.512. The van der Waals surface area contributed by atoms with E-state index in [1.165, 1.54) is 6.07 Å². The minimum Gasteiger partial charge on any atom is -0.467 e. The van der Waals surface area contributed by atoms with Crippen LogP contribution in [-0.4, -0.2) is 19.0 Å². The molecule has 2 N–H and O–H groups in total. The summed E-state index contributed by atoms with van der Waals surface area (Å²) in [6.45, 7) is 3.97. The number of guanidine groups is 1. The molecule has 0 bridgehead atoms. The van der Waals surface area contributed by atoms with Crippen LogP contribution in [0.1, 0.15) is 18.2 Å². The maximum atomic E-state index is 13.1. The first-order valence-corrected chi connectivity index (χ1v) is 7.07. The van der Waals surface area contributed by atoms with Gasteiger partial charge in [-0.1, -0.05) is 12.1 Å². The molecular formula is C16H21FIN3O. The lowest BCUT2D eigenvalue weighted by Crippen LogP contribution is -2.38. The van der Waals surface area contributed by atoms with Crippen LogP contribution in [0.2, 0.25) is 0 Å². The largest absolute Gasteiger partial charge is 0.467 e. The van der Waals surface area contributed by atoms with Gasteiger partial charge in [0.2, 0.25) is 0 Å². The van der Waals surface area contributed by atoms with Crippen LogP contribution in [0.5, 0.6) is 0 Å². The van der Waals surface area contributed by atoms with E-state index < -0.39 is 0 Å². The molecule has 1 aromatic carbocycles. The van der Waals surface area contributed by atoms with Gasteiger partial charge < -0.3 is 15.1 Å². The van der Waals surface area contributed by atoms with Gasteiger partial charge in [0.05, 0.1) is 6.26 Å². The van der Waals surface area contributed by atoms with Crippen molar-refractivity contribution in [1.29, 1.82) is 0 Å². The molecule has 4 nitrogen and oxygen atoms in total. The molecule has 2 rings (SSSR count). The molecule has 120 valence electrons. The van der Waals surface area contributed by atoms with Crippen LogP contribution in [0.25, 0.3) is 0 Å². The fourth-order valence-electron chi connectivity index (χ4n) is 1.92. The van der Waals surface area contributed by atoms with Gasteiger partial charge in [-0.2, -0.15) is 0 Å². The van der Waals surface area contributed by atoms with Crippen molar-refractivity contribution in [3.05, 3.63) is 59.8 Å². The SMILES string of the molecule is CCNC(=NCc1ccco1)NCCc1cccc(F)c1.I. The highest BCUT2D eigenvalue weighted by Crippen LogP contribution is 2.04. The minimum atomic E-state index is -0.203. The van der Waals surface area contributed by atoms with E-state index in [0.29, 0.717) is 13.1 Å². The topological polar surface area (TPSA) is 49.6 Å². The summed E-state index contributed by atoms with van der Waals surface area (Å²) >= 11 is 0. The number of benzene rings is 1. The molecular weight excluding hydrogens is 396 g/mol. The van der Waals surface area contributed by atoms with Gasteiger partial charge in [-0.05, 0) is 43.2 Å². The van der Waals surface area contributed by atoms with Crippen molar-refractivity contribution in [1.82, 2.24) is 10.6 Å². The average Bonchev–Trinajstić information content (AvgIpc) is 2.98. The molecule has 0 aliphatic carbocycles. The first-order chi connectivity index (χ1) is 10.3. The van der Waals surface area contributed by atoms with E-state index in [4.69, 9.17) is 4.42 Å². The van der Waals surface area contributed by atoms with Gasteiger partial charge in [0, 0.05) is 13.1 Å². The van der Waals surface area contributed by atoms with Crippen LogP contribution < -0.4 is 10.6 Å². The van der Waals surface area contributed by atoms with Crippen LogP contribution in [0.4, 0.5) is 4.39 Å². The van der Waals surface area contributed by atoms with Crippen molar-refractivity contribution in [3.63, 3.8) is 0 Å². The molecule has 1 aromatic heterocycles. The third kappa shape index (κ3) is 6.46. The Labute approximate surface area is 147 Å². The number of halogens is 2. The number of furan rings is 1. The Morgan fingerprint density at radius 1 is 1.23 bits per heavy atom. The third-order valence-electron chi connectivity index (χ3n) is 2.91. The van der Waals surface area contributed by atoms with Gasteiger partial charge in [-0.15, -0.1) is 24.0 Å². The lowest BCUT2D eigenvalue weighted by atomic mass is 10.1. The Morgan fingerprint density at radius 3 is 2.77 bits per heavy atom. The van der Waals surface area contributed by atoms with Gasteiger partial charge in [-0.25, -0.2) is 9.38 Å². The molecule has 0 saturated heterocycles. The standard InChI is InChI=1S/C16H20FN3O.HI/c1-2-18-16(20-12-15-7-4-10-21-15)19-9-8-13-5-3-6-14(17)11-13;/h3-7,10-11H,2,8-9,12H2,1H3,(H2,18,19,20);1H. The summed E-state index contributed by atoms with van der Waals surface area (Å²) in [7, 11) is 0. The van der Waals surface area contributed by atoms with E-state index in [1.807, 2.05) is 25.1 Å². The highest BCUT2D eigenvalue weighted by molar-refractivity contribution is 14.0. The second-order valence-electron chi connectivity index (χ2n) is 4.58. The molecule has 0 aliphatic heterocycles. The molecule has 0 aliphatic rings. The summed E-state index contributed by atoms with van der Waals surface area (Å²) in [5, 5.41) is 6.39. The number of nitrogens with zero attached hydrogens (tertiary/aromatic N) is 1. The fourth-order valence-corrected chi connectivity index (χ4v) is 1.92. The summed E-state index contributed by atoms with van der Waals surface area (Å²) in [5.74, 6) is 1.34. The number of hydrogen-bond donors (Lipinski definition) is 2. The van der Waals surface area contributed by atoms with Gasteiger partial charge in [0.15, 0.2) is 5.96 Å². The first-order valence-electron chi connectivity index (χ1n) is 7.07. The lowest BCUT2D eigenvalue weighted by Gasteiger charge is -2.11. The van der Waals surface area contributed by atoms with Crippen molar-refractivity contribution in [2.24, 2.45) is 4.99 Å². The molecule has 0 amide bonds. The first kappa shape index (κ1) is 18.5. The van der Waals surface area contributed by atoms with E-state index in [2.05, 4.69) is 15.6 Å².